The van der Waals surface area contributed by atoms with Gasteiger partial charge >= 0.3 is 11.7 Å². The van der Waals surface area contributed by atoms with Gasteiger partial charge < -0.3 is 9.64 Å². The second-order valence-corrected chi connectivity index (χ2v) is 5.22. The lowest BCUT2D eigenvalue weighted by Crippen LogP contribution is -2.48. The summed E-state index contributed by atoms with van der Waals surface area (Å²) >= 11 is 0. The largest absolute Gasteiger partial charge is 0.469 e. The van der Waals surface area contributed by atoms with Gasteiger partial charge in [0.2, 0.25) is 5.82 Å². The van der Waals surface area contributed by atoms with Crippen molar-refractivity contribution in [3.63, 3.8) is 0 Å². The third-order valence-electron chi connectivity index (χ3n) is 3.83. The summed E-state index contributed by atoms with van der Waals surface area (Å²) in [4.78, 5) is 37.3. The van der Waals surface area contributed by atoms with Crippen LogP contribution in [0.15, 0.2) is 9.59 Å². The van der Waals surface area contributed by atoms with E-state index in [2.05, 4.69) is 5.10 Å². The molecule has 0 amide bonds. The van der Waals surface area contributed by atoms with Crippen LogP contribution in [0.5, 0.6) is 0 Å². The number of rotatable bonds is 3. The molecule has 1 fully saturated rings. The van der Waals surface area contributed by atoms with Crippen LogP contribution in [-0.2, 0) is 23.6 Å². The first-order valence-electron chi connectivity index (χ1n) is 6.93. The van der Waals surface area contributed by atoms with E-state index < -0.39 is 11.2 Å². The summed E-state index contributed by atoms with van der Waals surface area (Å²) in [5.74, 6) is -0.0956. The number of aromatic nitrogens is 3. The van der Waals surface area contributed by atoms with Crippen LogP contribution in [0.2, 0.25) is 0 Å². The van der Waals surface area contributed by atoms with Crippen molar-refractivity contribution in [1.29, 1.82) is 0 Å². The number of esters is 1. The van der Waals surface area contributed by atoms with Crippen molar-refractivity contribution in [1.82, 2.24) is 14.3 Å². The molecular formula is C13H20N4O4. The SMILES string of the molecule is COC(=O)CC1CCCCN1c1nn(C)c(=O)n(C)c1=O. The van der Waals surface area contributed by atoms with Crippen LogP contribution < -0.4 is 16.1 Å². The van der Waals surface area contributed by atoms with Gasteiger partial charge in [-0.2, -0.15) is 0 Å². The second-order valence-electron chi connectivity index (χ2n) is 5.22. The summed E-state index contributed by atoms with van der Waals surface area (Å²) in [6.07, 6.45) is 2.92. The fraction of sp³-hybridized carbons (Fsp3) is 0.692. The molecule has 1 unspecified atom stereocenters. The molecule has 1 saturated heterocycles. The van der Waals surface area contributed by atoms with E-state index in [0.717, 1.165) is 28.5 Å². The Morgan fingerprint density at radius 2 is 2.05 bits per heavy atom. The molecule has 0 aliphatic carbocycles. The van der Waals surface area contributed by atoms with Crippen molar-refractivity contribution < 1.29 is 9.53 Å². The van der Waals surface area contributed by atoms with E-state index in [0.29, 0.717) is 6.54 Å². The van der Waals surface area contributed by atoms with Crippen molar-refractivity contribution in [2.75, 3.05) is 18.6 Å². The van der Waals surface area contributed by atoms with Gasteiger partial charge in [-0.25, -0.2) is 9.48 Å². The lowest BCUT2D eigenvalue weighted by molar-refractivity contribution is -0.141. The first-order chi connectivity index (χ1) is 9.95. The number of carbonyl (C=O) groups is 1. The minimum absolute atomic E-state index is 0.121. The van der Waals surface area contributed by atoms with E-state index >= 15 is 0 Å². The van der Waals surface area contributed by atoms with Gasteiger partial charge in [-0.3, -0.25) is 14.2 Å². The molecule has 1 aromatic heterocycles. The zero-order valence-electron chi connectivity index (χ0n) is 12.5. The molecule has 1 aliphatic rings. The Labute approximate surface area is 121 Å². The molecule has 0 N–H and O–H groups in total. The van der Waals surface area contributed by atoms with E-state index in [1.165, 1.54) is 21.2 Å². The average molecular weight is 296 g/mol. The highest BCUT2D eigenvalue weighted by molar-refractivity contribution is 5.70. The van der Waals surface area contributed by atoms with Crippen LogP contribution in [0.25, 0.3) is 0 Å². The van der Waals surface area contributed by atoms with E-state index in [9.17, 15) is 14.4 Å². The smallest absolute Gasteiger partial charge is 0.346 e. The molecule has 0 saturated carbocycles. The summed E-state index contributed by atoms with van der Waals surface area (Å²) in [5.41, 5.74) is -0.903. The fourth-order valence-corrected chi connectivity index (χ4v) is 2.63. The summed E-state index contributed by atoms with van der Waals surface area (Å²) in [7, 11) is 4.28. The summed E-state index contributed by atoms with van der Waals surface area (Å²) in [6, 6.07) is -0.121. The zero-order chi connectivity index (χ0) is 15.6. The molecule has 1 aliphatic heterocycles. The lowest BCUT2D eigenvalue weighted by Gasteiger charge is -2.35. The van der Waals surface area contributed by atoms with E-state index in [1.807, 2.05) is 4.90 Å². The van der Waals surface area contributed by atoms with Crippen molar-refractivity contribution in [3.05, 3.63) is 20.8 Å². The van der Waals surface area contributed by atoms with Gasteiger partial charge in [-0.1, -0.05) is 0 Å². The van der Waals surface area contributed by atoms with E-state index in [4.69, 9.17) is 4.74 Å². The summed E-state index contributed by atoms with van der Waals surface area (Å²) in [6.45, 7) is 0.641. The van der Waals surface area contributed by atoms with E-state index in [1.54, 1.807) is 0 Å². The molecule has 1 aromatic rings. The predicted octanol–water partition coefficient (Wildman–Crippen LogP) is -0.599. The molecule has 1 atom stereocenters. The zero-order valence-corrected chi connectivity index (χ0v) is 12.5. The molecule has 0 bridgehead atoms. The highest BCUT2D eigenvalue weighted by Gasteiger charge is 2.29. The number of piperidine rings is 1. The third-order valence-corrected chi connectivity index (χ3v) is 3.83. The first-order valence-corrected chi connectivity index (χ1v) is 6.93. The van der Waals surface area contributed by atoms with Gasteiger partial charge in [0, 0.05) is 26.7 Å². The molecule has 8 nitrogen and oxygen atoms in total. The fourth-order valence-electron chi connectivity index (χ4n) is 2.63. The number of aryl methyl sites for hydroxylation is 1. The minimum Gasteiger partial charge on any atom is -0.469 e. The number of anilines is 1. The standard InChI is InChI=1S/C13H20N4O4/c1-15-12(19)11(14-16(2)13(15)20)17-7-5-4-6-9(17)8-10(18)21-3/h9H,4-8H2,1-3H3. The number of methoxy groups -OCH3 is 1. The number of hydrogen-bond donors (Lipinski definition) is 0. The Bertz CT molecular complexity index is 649. The monoisotopic (exact) mass is 296 g/mol. The maximum absolute atomic E-state index is 12.3. The molecule has 2 heterocycles. The quantitative estimate of drug-likeness (QED) is 0.692. The number of hydrogen-bond acceptors (Lipinski definition) is 6. The second kappa shape index (κ2) is 6.11. The topological polar surface area (TPSA) is 86.4 Å². The molecule has 21 heavy (non-hydrogen) atoms. The molecule has 0 spiro atoms. The Morgan fingerprint density at radius 3 is 2.71 bits per heavy atom. The molecule has 8 heteroatoms. The molecular weight excluding hydrogens is 276 g/mol. The van der Waals surface area contributed by atoms with Crippen molar-refractivity contribution in [2.45, 2.75) is 31.7 Å². The summed E-state index contributed by atoms with van der Waals surface area (Å²) < 4.78 is 6.88. The van der Waals surface area contributed by atoms with Gasteiger partial charge in [-0.15, -0.1) is 5.10 Å². The molecule has 0 radical (unpaired) electrons. The molecule has 116 valence electrons. The lowest BCUT2D eigenvalue weighted by atomic mass is 9.99. The van der Waals surface area contributed by atoms with Crippen LogP contribution in [0.1, 0.15) is 25.7 Å². The van der Waals surface area contributed by atoms with Gasteiger partial charge in [-0.05, 0) is 19.3 Å². The van der Waals surface area contributed by atoms with Crippen LogP contribution in [0.3, 0.4) is 0 Å². The summed E-state index contributed by atoms with van der Waals surface area (Å²) in [5, 5.41) is 4.08. The number of nitrogens with zero attached hydrogens (tertiary/aromatic N) is 4. The van der Waals surface area contributed by atoms with Crippen molar-refractivity contribution in [3.8, 4) is 0 Å². The average Bonchev–Trinajstić information content (AvgIpc) is 2.49. The maximum atomic E-state index is 12.3. The Balaban J connectivity index is 2.40. The van der Waals surface area contributed by atoms with Gasteiger partial charge in [0.25, 0.3) is 5.56 Å². The highest BCUT2D eigenvalue weighted by atomic mass is 16.5. The Morgan fingerprint density at radius 1 is 1.33 bits per heavy atom. The first kappa shape index (κ1) is 15.3. The van der Waals surface area contributed by atoms with Gasteiger partial charge in [0.1, 0.15) is 0 Å². The Kier molecular flexibility index (Phi) is 4.44. The molecule has 0 aromatic carbocycles. The van der Waals surface area contributed by atoms with Crippen molar-refractivity contribution in [2.24, 2.45) is 14.1 Å². The maximum Gasteiger partial charge on any atom is 0.346 e. The van der Waals surface area contributed by atoms with Crippen molar-refractivity contribution >= 4 is 11.8 Å². The predicted molar refractivity (Wildman–Crippen MR) is 76.3 cm³/mol. The van der Waals surface area contributed by atoms with Crippen LogP contribution >= 0.6 is 0 Å². The van der Waals surface area contributed by atoms with Crippen LogP contribution in [0.4, 0.5) is 5.82 Å². The number of carbonyl (C=O) groups excluding carboxylic acids is 1. The van der Waals surface area contributed by atoms with Gasteiger partial charge in [0.15, 0.2) is 0 Å². The number of ether oxygens (including phenoxy) is 1. The van der Waals surface area contributed by atoms with Gasteiger partial charge in [0.05, 0.1) is 13.5 Å². The molecule has 2 rings (SSSR count). The van der Waals surface area contributed by atoms with E-state index in [-0.39, 0.29) is 24.2 Å². The van der Waals surface area contributed by atoms with Crippen LogP contribution in [0, 0.1) is 0 Å². The normalized spacial score (nSPS) is 18.6. The minimum atomic E-state index is -0.467. The van der Waals surface area contributed by atoms with Crippen LogP contribution in [-0.4, -0.2) is 40.0 Å². The third kappa shape index (κ3) is 2.98. The highest BCUT2D eigenvalue weighted by Crippen LogP contribution is 2.22. The Hall–Kier alpha value is -2.12.